The summed E-state index contributed by atoms with van der Waals surface area (Å²) in [6.07, 6.45) is 7.78. The van der Waals surface area contributed by atoms with Gasteiger partial charge in [-0.15, -0.1) is 0 Å². The number of nitrogens with one attached hydrogen (secondary N) is 1. The van der Waals surface area contributed by atoms with Crippen molar-refractivity contribution in [3.05, 3.63) is 42.4 Å². The van der Waals surface area contributed by atoms with Crippen LogP contribution in [0.25, 0.3) is 5.82 Å². The van der Waals surface area contributed by atoms with Crippen molar-refractivity contribution in [2.75, 3.05) is 20.6 Å². The van der Waals surface area contributed by atoms with Gasteiger partial charge in [-0.3, -0.25) is 4.99 Å². The molecule has 0 spiro atoms. The molecule has 6 nitrogen and oxygen atoms in total. The first kappa shape index (κ1) is 16.0. The topological polar surface area (TPSA) is 58.3 Å². The molecule has 0 aliphatic heterocycles. The Morgan fingerprint density at radius 2 is 2.27 bits per heavy atom. The molecule has 0 unspecified atom stereocenters. The second kappa shape index (κ2) is 8.17. The lowest BCUT2D eigenvalue weighted by Gasteiger charge is -2.21. The van der Waals surface area contributed by atoms with Crippen LogP contribution in [-0.4, -0.2) is 46.3 Å². The molecule has 0 saturated heterocycles. The molecule has 0 aliphatic carbocycles. The number of aromatic nitrogens is 3. The van der Waals surface area contributed by atoms with Crippen LogP contribution in [0.5, 0.6) is 0 Å². The highest BCUT2D eigenvalue weighted by Gasteiger charge is 2.06. The zero-order valence-corrected chi connectivity index (χ0v) is 13.5. The van der Waals surface area contributed by atoms with Crippen molar-refractivity contribution in [2.24, 2.45) is 4.99 Å². The molecule has 0 bridgehead atoms. The van der Waals surface area contributed by atoms with E-state index in [1.165, 1.54) is 6.42 Å². The summed E-state index contributed by atoms with van der Waals surface area (Å²) in [6.45, 7) is 3.91. The van der Waals surface area contributed by atoms with Crippen molar-refractivity contribution in [1.82, 2.24) is 25.0 Å². The summed E-state index contributed by atoms with van der Waals surface area (Å²) < 4.78 is 1.76. The predicted octanol–water partition coefficient (Wildman–Crippen LogP) is 2.07. The summed E-state index contributed by atoms with van der Waals surface area (Å²) in [7, 11) is 3.87. The third kappa shape index (κ3) is 4.31. The van der Waals surface area contributed by atoms with E-state index in [0.717, 1.165) is 30.3 Å². The standard InChI is InChI=1S/C16H24N6/c1-4-5-10-21(3)16(17-2)19-13-14-7-9-18-15(12-14)22-11-6-8-20-22/h6-9,11-12H,4-5,10,13H2,1-3H3,(H,17,19). The van der Waals surface area contributed by atoms with Gasteiger partial charge in [0, 0.05) is 45.8 Å². The fraction of sp³-hybridized carbons (Fsp3) is 0.438. The zero-order valence-electron chi connectivity index (χ0n) is 13.5. The highest BCUT2D eigenvalue weighted by atomic mass is 15.3. The third-order valence-electron chi connectivity index (χ3n) is 3.42. The van der Waals surface area contributed by atoms with Crippen LogP contribution in [0.1, 0.15) is 25.3 Å². The van der Waals surface area contributed by atoms with E-state index in [1.54, 1.807) is 17.1 Å². The lowest BCUT2D eigenvalue weighted by molar-refractivity contribution is 0.464. The van der Waals surface area contributed by atoms with E-state index in [9.17, 15) is 0 Å². The highest BCUT2D eigenvalue weighted by molar-refractivity contribution is 5.79. The van der Waals surface area contributed by atoms with Gasteiger partial charge >= 0.3 is 0 Å². The van der Waals surface area contributed by atoms with Crippen molar-refractivity contribution >= 4 is 5.96 Å². The average molecular weight is 300 g/mol. The monoisotopic (exact) mass is 300 g/mol. The van der Waals surface area contributed by atoms with Gasteiger partial charge in [0.1, 0.15) is 0 Å². The van der Waals surface area contributed by atoms with E-state index in [0.29, 0.717) is 6.54 Å². The second-order valence-electron chi connectivity index (χ2n) is 5.15. The smallest absolute Gasteiger partial charge is 0.193 e. The Morgan fingerprint density at radius 1 is 1.41 bits per heavy atom. The highest BCUT2D eigenvalue weighted by Crippen LogP contribution is 2.06. The summed E-state index contributed by atoms with van der Waals surface area (Å²) in [5.74, 6) is 1.73. The van der Waals surface area contributed by atoms with Crippen LogP contribution in [0, 0.1) is 0 Å². The summed E-state index contributed by atoms with van der Waals surface area (Å²) in [5, 5.41) is 7.59. The normalized spacial score (nSPS) is 11.5. The molecular weight excluding hydrogens is 276 g/mol. The van der Waals surface area contributed by atoms with Gasteiger partial charge in [-0.1, -0.05) is 13.3 Å². The van der Waals surface area contributed by atoms with E-state index >= 15 is 0 Å². The van der Waals surface area contributed by atoms with Crippen LogP contribution >= 0.6 is 0 Å². The maximum atomic E-state index is 4.34. The average Bonchev–Trinajstić information content (AvgIpc) is 3.08. The predicted molar refractivity (Wildman–Crippen MR) is 89.1 cm³/mol. The number of aliphatic imine (C=N–C) groups is 1. The Labute approximate surface area is 131 Å². The molecule has 0 saturated carbocycles. The van der Waals surface area contributed by atoms with Crippen molar-refractivity contribution in [3.8, 4) is 5.82 Å². The van der Waals surface area contributed by atoms with Crippen LogP contribution in [0.4, 0.5) is 0 Å². The summed E-state index contributed by atoms with van der Waals surface area (Å²) >= 11 is 0. The Hall–Kier alpha value is -2.37. The molecule has 118 valence electrons. The van der Waals surface area contributed by atoms with Crippen LogP contribution in [0.2, 0.25) is 0 Å². The summed E-state index contributed by atoms with van der Waals surface area (Å²) in [4.78, 5) is 10.8. The van der Waals surface area contributed by atoms with Crippen LogP contribution in [0.3, 0.4) is 0 Å². The van der Waals surface area contributed by atoms with Gasteiger partial charge in [-0.25, -0.2) is 9.67 Å². The first-order valence-electron chi connectivity index (χ1n) is 7.61. The van der Waals surface area contributed by atoms with Crippen LogP contribution < -0.4 is 5.32 Å². The van der Waals surface area contributed by atoms with E-state index in [-0.39, 0.29) is 0 Å². The van der Waals surface area contributed by atoms with Crippen LogP contribution in [0.15, 0.2) is 41.8 Å². The van der Waals surface area contributed by atoms with Crippen molar-refractivity contribution in [3.63, 3.8) is 0 Å². The Kier molecular flexibility index (Phi) is 5.94. The number of hydrogen-bond acceptors (Lipinski definition) is 3. The first-order valence-corrected chi connectivity index (χ1v) is 7.61. The molecule has 2 rings (SSSR count). The van der Waals surface area contributed by atoms with E-state index in [1.807, 2.05) is 31.4 Å². The minimum absolute atomic E-state index is 0.708. The van der Waals surface area contributed by atoms with Gasteiger partial charge in [0.15, 0.2) is 11.8 Å². The fourth-order valence-corrected chi connectivity index (χ4v) is 2.17. The van der Waals surface area contributed by atoms with Gasteiger partial charge in [0.25, 0.3) is 0 Å². The number of guanidine groups is 1. The number of hydrogen-bond donors (Lipinski definition) is 1. The van der Waals surface area contributed by atoms with Crippen molar-refractivity contribution in [2.45, 2.75) is 26.3 Å². The van der Waals surface area contributed by atoms with Gasteiger partial charge in [-0.05, 0) is 30.2 Å². The van der Waals surface area contributed by atoms with Crippen LogP contribution in [-0.2, 0) is 6.54 Å². The lowest BCUT2D eigenvalue weighted by atomic mass is 10.2. The molecule has 1 N–H and O–H groups in total. The SMILES string of the molecule is CCCCN(C)C(=NC)NCc1ccnc(-n2cccn2)c1. The number of unbranched alkanes of at least 4 members (excludes halogenated alkanes) is 1. The van der Waals surface area contributed by atoms with E-state index < -0.39 is 0 Å². The number of rotatable bonds is 6. The van der Waals surface area contributed by atoms with Crippen molar-refractivity contribution in [1.29, 1.82) is 0 Å². The minimum Gasteiger partial charge on any atom is -0.352 e. The minimum atomic E-state index is 0.708. The molecule has 0 radical (unpaired) electrons. The molecule has 6 heteroatoms. The third-order valence-corrected chi connectivity index (χ3v) is 3.42. The van der Waals surface area contributed by atoms with Gasteiger partial charge in [0.2, 0.25) is 0 Å². The molecule has 2 aromatic rings. The molecular formula is C16H24N6. The Balaban J connectivity index is 1.97. The van der Waals surface area contributed by atoms with Gasteiger partial charge in [-0.2, -0.15) is 5.10 Å². The lowest BCUT2D eigenvalue weighted by Crippen LogP contribution is -2.38. The molecule has 2 heterocycles. The Bertz CT molecular complexity index is 590. The molecule has 2 aromatic heterocycles. The van der Waals surface area contributed by atoms with Gasteiger partial charge in [0.05, 0.1) is 0 Å². The zero-order chi connectivity index (χ0) is 15.8. The maximum Gasteiger partial charge on any atom is 0.193 e. The largest absolute Gasteiger partial charge is 0.352 e. The molecule has 22 heavy (non-hydrogen) atoms. The van der Waals surface area contributed by atoms with E-state index in [4.69, 9.17) is 0 Å². The molecule has 0 aliphatic rings. The molecule has 0 amide bonds. The summed E-state index contributed by atoms with van der Waals surface area (Å²) in [5.41, 5.74) is 1.14. The second-order valence-corrected chi connectivity index (χ2v) is 5.15. The molecule has 0 fully saturated rings. The quantitative estimate of drug-likeness (QED) is 0.655. The maximum absolute atomic E-state index is 4.34. The number of pyridine rings is 1. The molecule has 0 atom stereocenters. The summed E-state index contributed by atoms with van der Waals surface area (Å²) in [6, 6.07) is 5.91. The number of nitrogens with zero attached hydrogens (tertiary/aromatic N) is 5. The van der Waals surface area contributed by atoms with Gasteiger partial charge < -0.3 is 10.2 Å². The molecule has 0 aromatic carbocycles. The first-order chi connectivity index (χ1) is 10.7. The van der Waals surface area contributed by atoms with Crippen molar-refractivity contribution < 1.29 is 0 Å². The van der Waals surface area contributed by atoms with E-state index in [2.05, 4.69) is 39.3 Å². The Morgan fingerprint density at radius 3 is 2.95 bits per heavy atom. The fourth-order valence-electron chi connectivity index (χ4n) is 2.17.